The molecule has 1 aromatic carbocycles. The molecule has 0 heterocycles. The van der Waals surface area contributed by atoms with Gasteiger partial charge in [-0.1, -0.05) is 51.1 Å². The Morgan fingerprint density at radius 1 is 1.18 bits per heavy atom. The first-order valence-corrected chi connectivity index (χ1v) is 5.63. The van der Waals surface area contributed by atoms with Gasteiger partial charge in [-0.25, -0.2) is 0 Å². The van der Waals surface area contributed by atoms with Crippen LogP contribution in [0.3, 0.4) is 0 Å². The second-order valence-electron chi connectivity index (χ2n) is 4.18. The van der Waals surface area contributed by atoms with E-state index in [-0.39, 0.29) is 5.91 Å². The second kappa shape index (κ2) is 12.4. The summed E-state index contributed by atoms with van der Waals surface area (Å²) in [5.41, 5.74) is 6.16. The molecule has 0 aliphatic heterocycles. The third kappa shape index (κ3) is 17.0. The number of hydrogen-bond donors (Lipinski definition) is 1. The molecular formula is C14H23NO2. The Hall–Kier alpha value is -1.64. The zero-order valence-corrected chi connectivity index (χ0v) is 11.0. The first-order chi connectivity index (χ1) is 8.02. The molecule has 17 heavy (non-hydrogen) atoms. The van der Waals surface area contributed by atoms with Crippen LogP contribution in [0.15, 0.2) is 30.3 Å². The van der Waals surface area contributed by atoms with Crippen molar-refractivity contribution in [2.75, 3.05) is 0 Å². The van der Waals surface area contributed by atoms with E-state index in [1.165, 1.54) is 0 Å². The molecule has 1 amide bonds. The molecule has 0 spiro atoms. The molecule has 0 saturated carbocycles. The predicted molar refractivity (Wildman–Crippen MR) is 71.6 cm³/mol. The molecule has 1 rings (SSSR count). The highest BCUT2D eigenvalue weighted by Gasteiger charge is 1.94. The number of hydrogen-bond acceptors (Lipinski definition) is 2. The molecule has 0 unspecified atom stereocenters. The van der Waals surface area contributed by atoms with Crippen LogP contribution < -0.4 is 5.73 Å². The van der Waals surface area contributed by atoms with E-state index >= 15 is 0 Å². The van der Waals surface area contributed by atoms with Crippen LogP contribution in [0.4, 0.5) is 0 Å². The summed E-state index contributed by atoms with van der Waals surface area (Å²) in [5.74, 6) is 0.592. The van der Waals surface area contributed by atoms with Crippen LogP contribution in [-0.2, 0) is 16.0 Å². The van der Waals surface area contributed by atoms with Crippen molar-refractivity contribution in [3.05, 3.63) is 35.9 Å². The van der Waals surface area contributed by atoms with Gasteiger partial charge >= 0.3 is 0 Å². The Balaban J connectivity index is 0. The lowest BCUT2D eigenvalue weighted by atomic mass is 10.1. The molecule has 0 fully saturated rings. The molecular weight excluding hydrogens is 214 g/mol. The van der Waals surface area contributed by atoms with Crippen molar-refractivity contribution >= 4 is 12.7 Å². The van der Waals surface area contributed by atoms with Crippen molar-refractivity contribution in [2.24, 2.45) is 11.7 Å². The van der Waals surface area contributed by atoms with E-state index in [4.69, 9.17) is 10.5 Å². The minimum Gasteiger partial charge on any atom is -0.370 e. The van der Waals surface area contributed by atoms with Gasteiger partial charge in [0.25, 0.3) is 0 Å². The van der Waals surface area contributed by atoms with E-state index in [9.17, 15) is 4.79 Å². The number of primary amides is 1. The van der Waals surface area contributed by atoms with Crippen LogP contribution in [0.1, 0.15) is 32.8 Å². The molecule has 3 heteroatoms. The van der Waals surface area contributed by atoms with Crippen molar-refractivity contribution in [1.29, 1.82) is 0 Å². The van der Waals surface area contributed by atoms with E-state index in [0.29, 0.717) is 6.42 Å². The lowest BCUT2D eigenvalue weighted by Gasteiger charge is -1.96. The molecule has 1 aromatic rings. The summed E-state index contributed by atoms with van der Waals surface area (Å²) in [5, 5.41) is 0. The number of amides is 1. The van der Waals surface area contributed by atoms with Crippen molar-refractivity contribution in [1.82, 2.24) is 0 Å². The summed E-state index contributed by atoms with van der Waals surface area (Å²) in [4.78, 5) is 18.4. The van der Waals surface area contributed by atoms with Gasteiger partial charge in [0.15, 0.2) is 0 Å². The normalized spacial score (nSPS) is 8.47. The lowest BCUT2D eigenvalue weighted by molar-refractivity contribution is -0.118. The Morgan fingerprint density at radius 3 is 1.94 bits per heavy atom. The monoisotopic (exact) mass is 237 g/mol. The van der Waals surface area contributed by atoms with Gasteiger partial charge in [-0.15, -0.1) is 0 Å². The van der Waals surface area contributed by atoms with Crippen LogP contribution >= 0.6 is 0 Å². The summed E-state index contributed by atoms with van der Waals surface area (Å²) in [7, 11) is 0. The number of rotatable bonds is 3. The fraction of sp³-hybridized carbons (Fsp3) is 0.429. The summed E-state index contributed by atoms with van der Waals surface area (Å²) >= 11 is 0. The molecule has 0 radical (unpaired) electrons. The SMILES string of the molecule is C=O.CC(C)C.NC(=O)CCc1ccccc1. The standard InChI is InChI=1S/C9H11NO.C4H10.CH2O/c10-9(11)7-6-8-4-2-1-3-5-8;1-4(2)3;1-2/h1-5H,6-7H2,(H2,10,11);4H,1-3H3;1H2. The first-order valence-electron chi connectivity index (χ1n) is 5.63. The topological polar surface area (TPSA) is 60.2 Å². The third-order valence-electron chi connectivity index (χ3n) is 1.50. The quantitative estimate of drug-likeness (QED) is 0.878. The Bertz CT molecular complexity index is 281. The Kier molecular flexibility index (Phi) is 13.0. The molecule has 2 N–H and O–H groups in total. The second-order valence-corrected chi connectivity index (χ2v) is 4.18. The lowest BCUT2D eigenvalue weighted by Crippen LogP contribution is -2.10. The number of carbonyl (C=O) groups is 2. The van der Waals surface area contributed by atoms with Crippen LogP contribution in [-0.4, -0.2) is 12.7 Å². The van der Waals surface area contributed by atoms with Gasteiger partial charge in [0, 0.05) is 6.42 Å². The average molecular weight is 237 g/mol. The summed E-state index contributed by atoms with van der Waals surface area (Å²) in [6, 6.07) is 9.84. The predicted octanol–water partition coefficient (Wildman–Crippen LogP) is 2.58. The molecule has 0 saturated heterocycles. The van der Waals surface area contributed by atoms with Gasteiger partial charge in [-0.3, -0.25) is 4.79 Å². The van der Waals surface area contributed by atoms with Gasteiger partial charge in [0.2, 0.25) is 5.91 Å². The van der Waals surface area contributed by atoms with Crippen LogP contribution in [0.2, 0.25) is 0 Å². The summed E-state index contributed by atoms with van der Waals surface area (Å²) < 4.78 is 0. The van der Waals surface area contributed by atoms with Crippen molar-refractivity contribution in [3.8, 4) is 0 Å². The molecule has 0 aliphatic rings. The van der Waals surface area contributed by atoms with Gasteiger partial charge in [-0.05, 0) is 17.9 Å². The van der Waals surface area contributed by atoms with Crippen LogP contribution in [0.25, 0.3) is 0 Å². The Labute approximate surface area is 104 Å². The van der Waals surface area contributed by atoms with Crippen LogP contribution in [0, 0.1) is 5.92 Å². The largest absolute Gasteiger partial charge is 0.370 e. The fourth-order valence-corrected chi connectivity index (χ4v) is 0.912. The zero-order valence-electron chi connectivity index (χ0n) is 11.0. The number of benzene rings is 1. The molecule has 0 bridgehead atoms. The number of aryl methyl sites for hydroxylation is 1. The maximum absolute atomic E-state index is 10.4. The first kappa shape index (κ1) is 17.7. The van der Waals surface area contributed by atoms with Crippen molar-refractivity contribution < 1.29 is 9.59 Å². The maximum Gasteiger partial charge on any atom is 0.217 e. The van der Waals surface area contributed by atoms with Crippen molar-refractivity contribution in [3.63, 3.8) is 0 Å². The molecule has 96 valence electrons. The number of nitrogens with two attached hydrogens (primary N) is 1. The van der Waals surface area contributed by atoms with E-state index < -0.39 is 0 Å². The van der Waals surface area contributed by atoms with Gasteiger partial charge in [-0.2, -0.15) is 0 Å². The maximum atomic E-state index is 10.4. The molecule has 0 aromatic heterocycles. The highest BCUT2D eigenvalue weighted by atomic mass is 16.1. The van der Waals surface area contributed by atoms with Crippen LogP contribution in [0.5, 0.6) is 0 Å². The summed E-state index contributed by atoms with van der Waals surface area (Å²) in [6.07, 6.45) is 1.18. The molecule has 0 atom stereocenters. The van der Waals surface area contributed by atoms with E-state index in [1.807, 2.05) is 37.1 Å². The van der Waals surface area contributed by atoms with E-state index in [0.717, 1.165) is 17.9 Å². The number of carbonyl (C=O) groups excluding carboxylic acids is 2. The average Bonchev–Trinajstić information content (AvgIpc) is 2.30. The van der Waals surface area contributed by atoms with Gasteiger partial charge in [0.05, 0.1) is 0 Å². The van der Waals surface area contributed by atoms with E-state index in [2.05, 4.69) is 20.8 Å². The summed E-state index contributed by atoms with van der Waals surface area (Å²) in [6.45, 7) is 8.50. The molecule has 3 nitrogen and oxygen atoms in total. The minimum atomic E-state index is -0.242. The van der Waals surface area contributed by atoms with Crippen molar-refractivity contribution in [2.45, 2.75) is 33.6 Å². The highest BCUT2D eigenvalue weighted by Crippen LogP contribution is 2.00. The zero-order chi connectivity index (χ0) is 13.7. The smallest absolute Gasteiger partial charge is 0.217 e. The molecule has 0 aliphatic carbocycles. The third-order valence-corrected chi connectivity index (χ3v) is 1.50. The fourth-order valence-electron chi connectivity index (χ4n) is 0.912. The minimum absolute atomic E-state index is 0.242. The highest BCUT2D eigenvalue weighted by molar-refractivity contribution is 5.73. The van der Waals surface area contributed by atoms with Gasteiger partial charge < -0.3 is 10.5 Å². The Morgan fingerprint density at radius 2 is 1.59 bits per heavy atom. The van der Waals surface area contributed by atoms with Gasteiger partial charge in [0.1, 0.15) is 6.79 Å². The van der Waals surface area contributed by atoms with E-state index in [1.54, 1.807) is 0 Å².